The molecule has 3 N–H and O–H groups in total. The molecule has 0 saturated heterocycles. The van der Waals surface area contributed by atoms with Gasteiger partial charge in [0.1, 0.15) is 5.69 Å². The zero-order valence-electron chi connectivity index (χ0n) is 11.1. The van der Waals surface area contributed by atoms with Gasteiger partial charge in [-0.2, -0.15) is 20.7 Å². The highest BCUT2D eigenvalue weighted by atomic mass is 16.1. The van der Waals surface area contributed by atoms with Crippen molar-refractivity contribution >= 4 is 5.91 Å². The fourth-order valence-corrected chi connectivity index (χ4v) is 2.92. The molecule has 1 fully saturated rings. The lowest BCUT2D eigenvalue weighted by Crippen LogP contribution is -2.31. The molecular formula is C13H19N5O. The summed E-state index contributed by atoms with van der Waals surface area (Å²) >= 11 is 0. The molecule has 1 aliphatic carbocycles. The van der Waals surface area contributed by atoms with Crippen LogP contribution in [0.2, 0.25) is 0 Å². The molecule has 0 aliphatic heterocycles. The number of aromatic amines is 1. The van der Waals surface area contributed by atoms with Gasteiger partial charge in [-0.25, -0.2) is 0 Å². The van der Waals surface area contributed by atoms with Crippen LogP contribution in [0.1, 0.15) is 49.9 Å². The highest BCUT2D eigenvalue weighted by molar-refractivity contribution is 5.82. The average Bonchev–Trinajstić information content (AvgIpc) is 2.80. The zero-order chi connectivity index (χ0) is 13.8. The third kappa shape index (κ3) is 2.92. The minimum absolute atomic E-state index is 0.152. The first-order valence-corrected chi connectivity index (χ1v) is 6.69. The lowest BCUT2D eigenvalue weighted by Gasteiger charge is -2.30. The number of carbonyl (C=O) groups is 1. The molecule has 1 saturated carbocycles. The van der Waals surface area contributed by atoms with E-state index in [0.29, 0.717) is 17.3 Å². The number of hydrogen-bond acceptors (Lipinski definition) is 4. The van der Waals surface area contributed by atoms with Crippen LogP contribution >= 0.6 is 0 Å². The van der Waals surface area contributed by atoms with E-state index in [4.69, 9.17) is 11.0 Å². The molecule has 6 nitrogen and oxygen atoms in total. The van der Waals surface area contributed by atoms with Crippen LogP contribution in [-0.4, -0.2) is 21.3 Å². The summed E-state index contributed by atoms with van der Waals surface area (Å²) in [6.07, 6.45) is 4.33. The van der Waals surface area contributed by atoms with Gasteiger partial charge in [0.25, 0.3) is 0 Å². The molecule has 0 aromatic carbocycles. The molecule has 0 bridgehead atoms. The number of nitrogens with one attached hydrogen (secondary N) is 1. The molecule has 1 atom stereocenters. The first kappa shape index (κ1) is 13.5. The van der Waals surface area contributed by atoms with Gasteiger partial charge in [-0.15, -0.1) is 0 Å². The first-order valence-electron chi connectivity index (χ1n) is 6.69. The van der Waals surface area contributed by atoms with Crippen LogP contribution in [0.25, 0.3) is 0 Å². The van der Waals surface area contributed by atoms with Crippen molar-refractivity contribution in [3.8, 4) is 6.07 Å². The van der Waals surface area contributed by atoms with Crippen LogP contribution in [0.3, 0.4) is 0 Å². The van der Waals surface area contributed by atoms with Crippen LogP contribution in [0.4, 0.5) is 0 Å². The molecule has 1 aliphatic rings. The second-order valence-electron chi connectivity index (χ2n) is 5.39. The third-order valence-corrected chi connectivity index (χ3v) is 4.03. The molecule has 1 heterocycles. The van der Waals surface area contributed by atoms with Gasteiger partial charge in [0, 0.05) is 0 Å². The average molecular weight is 261 g/mol. The smallest absolute Gasteiger partial charge is 0.226 e. The Balaban J connectivity index is 2.23. The summed E-state index contributed by atoms with van der Waals surface area (Å²) < 4.78 is 0. The van der Waals surface area contributed by atoms with Crippen LogP contribution in [0, 0.1) is 23.2 Å². The monoisotopic (exact) mass is 261 g/mol. The topological polar surface area (TPSA) is 108 Å². The van der Waals surface area contributed by atoms with E-state index in [1.54, 1.807) is 0 Å². The molecular weight excluding hydrogens is 242 g/mol. The second kappa shape index (κ2) is 5.83. The number of nitriles is 1. The Hall–Kier alpha value is -1.90. The van der Waals surface area contributed by atoms with Crippen molar-refractivity contribution in [2.45, 2.75) is 44.9 Å². The number of carbonyl (C=O) groups excluding carboxylic acids is 1. The maximum atomic E-state index is 11.8. The molecule has 1 unspecified atom stereocenters. The van der Waals surface area contributed by atoms with Gasteiger partial charge < -0.3 is 5.73 Å². The fourth-order valence-electron chi connectivity index (χ4n) is 2.92. The fraction of sp³-hybridized carbons (Fsp3) is 0.692. The highest BCUT2D eigenvalue weighted by Gasteiger charge is 2.34. The summed E-state index contributed by atoms with van der Waals surface area (Å²) in [6, 6.07) is 2.04. The number of amides is 1. The van der Waals surface area contributed by atoms with Crippen molar-refractivity contribution in [2.75, 3.05) is 0 Å². The highest BCUT2D eigenvalue weighted by Crippen LogP contribution is 2.38. The Morgan fingerprint density at radius 3 is 2.74 bits per heavy atom. The summed E-state index contributed by atoms with van der Waals surface area (Å²) in [6.45, 7) is 2.23. The minimum atomic E-state index is -0.422. The Morgan fingerprint density at radius 2 is 2.16 bits per heavy atom. The molecule has 0 radical (unpaired) electrons. The predicted molar refractivity (Wildman–Crippen MR) is 68.8 cm³/mol. The van der Waals surface area contributed by atoms with Crippen LogP contribution in [-0.2, 0) is 11.2 Å². The van der Waals surface area contributed by atoms with Crippen molar-refractivity contribution in [3.63, 3.8) is 0 Å². The summed E-state index contributed by atoms with van der Waals surface area (Å²) in [4.78, 5) is 11.8. The number of rotatable bonds is 4. The Labute approximate surface area is 112 Å². The standard InChI is InChI=1S/C13H19N5O/c1-8-2-4-9(5-3-8)11(13(15)19)12-10(6-7-14)16-18-17-12/h8-9,11H,2-6H2,1H3,(H2,15,19)(H,16,17,18). The minimum Gasteiger partial charge on any atom is -0.369 e. The molecule has 2 rings (SSSR count). The van der Waals surface area contributed by atoms with E-state index in [9.17, 15) is 4.79 Å². The van der Waals surface area contributed by atoms with Gasteiger partial charge in [-0.1, -0.05) is 19.8 Å². The predicted octanol–water partition coefficient (Wildman–Crippen LogP) is 1.27. The van der Waals surface area contributed by atoms with E-state index in [1.807, 2.05) is 6.07 Å². The molecule has 0 spiro atoms. The molecule has 1 aromatic rings. The maximum Gasteiger partial charge on any atom is 0.226 e. The quantitative estimate of drug-likeness (QED) is 0.850. The molecule has 6 heteroatoms. The summed E-state index contributed by atoms with van der Waals surface area (Å²) in [5.74, 6) is 0.138. The van der Waals surface area contributed by atoms with Crippen molar-refractivity contribution in [2.24, 2.45) is 17.6 Å². The van der Waals surface area contributed by atoms with Crippen molar-refractivity contribution in [1.82, 2.24) is 15.4 Å². The Morgan fingerprint density at radius 1 is 1.47 bits per heavy atom. The van der Waals surface area contributed by atoms with E-state index >= 15 is 0 Å². The van der Waals surface area contributed by atoms with Gasteiger partial charge >= 0.3 is 0 Å². The van der Waals surface area contributed by atoms with E-state index in [0.717, 1.165) is 25.7 Å². The van der Waals surface area contributed by atoms with Crippen molar-refractivity contribution in [3.05, 3.63) is 11.4 Å². The summed E-state index contributed by atoms with van der Waals surface area (Å²) in [7, 11) is 0. The van der Waals surface area contributed by atoms with Crippen LogP contribution in [0.5, 0.6) is 0 Å². The number of aromatic nitrogens is 3. The summed E-state index contributed by atoms with van der Waals surface area (Å²) in [5.41, 5.74) is 6.66. The van der Waals surface area contributed by atoms with E-state index in [-0.39, 0.29) is 18.2 Å². The Bertz CT molecular complexity index is 481. The summed E-state index contributed by atoms with van der Waals surface area (Å²) in [5, 5.41) is 19.3. The first-order chi connectivity index (χ1) is 9.13. The number of nitrogens with two attached hydrogens (primary N) is 1. The van der Waals surface area contributed by atoms with Gasteiger partial charge in [-0.05, 0) is 24.7 Å². The van der Waals surface area contributed by atoms with Crippen molar-refractivity contribution in [1.29, 1.82) is 5.26 Å². The molecule has 1 aromatic heterocycles. The van der Waals surface area contributed by atoms with Gasteiger partial charge in [-0.3, -0.25) is 4.79 Å². The van der Waals surface area contributed by atoms with E-state index < -0.39 is 5.92 Å². The molecule has 1 amide bonds. The normalized spacial score (nSPS) is 24.6. The number of hydrogen-bond donors (Lipinski definition) is 2. The van der Waals surface area contributed by atoms with Crippen LogP contribution < -0.4 is 5.73 Å². The van der Waals surface area contributed by atoms with Crippen LogP contribution in [0.15, 0.2) is 0 Å². The van der Waals surface area contributed by atoms with E-state index in [2.05, 4.69) is 22.3 Å². The Kier molecular flexibility index (Phi) is 4.15. The third-order valence-electron chi connectivity index (χ3n) is 4.03. The van der Waals surface area contributed by atoms with Crippen molar-refractivity contribution < 1.29 is 4.79 Å². The molecule has 19 heavy (non-hydrogen) atoms. The molecule has 102 valence electrons. The number of primary amides is 1. The van der Waals surface area contributed by atoms with Gasteiger partial charge in [0.05, 0.1) is 24.1 Å². The SMILES string of the molecule is CC1CCC(C(C(N)=O)c2n[nH]nc2CC#N)CC1. The largest absolute Gasteiger partial charge is 0.369 e. The maximum absolute atomic E-state index is 11.8. The van der Waals surface area contributed by atoms with E-state index in [1.165, 1.54) is 0 Å². The van der Waals surface area contributed by atoms with Gasteiger partial charge in [0.15, 0.2) is 0 Å². The van der Waals surface area contributed by atoms with Gasteiger partial charge in [0.2, 0.25) is 5.91 Å². The second-order valence-corrected chi connectivity index (χ2v) is 5.39. The lowest BCUT2D eigenvalue weighted by molar-refractivity contribution is -0.121. The number of H-pyrrole nitrogens is 1. The number of nitrogens with zero attached hydrogens (tertiary/aromatic N) is 3. The zero-order valence-corrected chi connectivity index (χ0v) is 11.1. The lowest BCUT2D eigenvalue weighted by atomic mass is 9.74.